The first-order valence-corrected chi connectivity index (χ1v) is 14.9. The Hall–Kier alpha value is -5.22. The molecule has 2 bridgehead atoms. The highest BCUT2D eigenvalue weighted by Gasteiger charge is 2.59. The molecule has 3 aliphatic carbocycles. The van der Waals surface area contributed by atoms with E-state index in [1.165, 1.54) is 6.20 Å². The summed E-state index contributed by atoms with van der Waals surface area (Å²) in [5, 5.41) is 38.1. The number of nitrogens with zero attached hydrogens (tertiary/aromatic N) is 7. The number of nitrogens with one attached hydrogen (secondary N) is 2. The molecule has 10 nitrogen and oxygen atoms in total. The summed E-state index contributed by atoms with van der Waals surface area (Å²) in [6.07, 6.45) is 6.97. The van der Waals surface area contributed by atoms with Gasteiger partial charge < -0.3 is 15.2 Å². The molecule has 10 heteroatoms. The van der Waals surface area contributed by atoms with Crippen LogP contribution < -0.4 is 16.2 Å². The summed E-state index contributed by atoms with van der Waals surface area (Å²) >= 11 is 0. The minimum atomic E-state index is -0.445. The highest BCUT2D eigenvalue weighted by atomic mass is 16.1. The van der Waals surface area contributed by atoms with Gasteiger partial charge in [-0.25, -0.2) is 4.68 Å². The van der Waals surface area contributed by atoms with Crippen LogP contribution in [0.3, 0.4) is 0 Å². The first kappa shape index (κ1) is 27.6. The van der Waals surface area contributed by atoms with Gasteiger partial charge in [0.1, 0.15) is 17.8 Å². The topological polar surface area (TPSA) is 137 Å². The zero-order valence-electron chi connectivity index (χ0n) is 25.2. The maximum Gasteiger partial charge on any atom is 0.250 e. The van der Waals surface area contributed by atoms with Crippen molar-refractivity contribution >= 4 is 33.2 Å². The monoisotopic (exact) mass is 583 g/mol. The Kier molecular flexibility index (Phi) is 6.22. The van der Waals surface area contributed by atoms with Gasteiger partial charge in [-0.2, -0.15) is 10.5 Å². The number of anilines is 2. The van der Waals surface area contributed by atoms with Crippen molar-refractivity contribution < 1.29 is 0 Å². The minimum absolute atomic E-state index is 0.0397. The summed E-state index contributed by atoms with van der Waals surface area (Å²) in [5.74, 6) is 0.797. The summed E-state index contributed by atoms with van der Waals surface area (Å²) < 4.78 is 3.66. The number of nitriles is 2. The number of pyridine rings is 2. The Morgan fingerprint density at radius 1 is 1.07 bits per heavy atom. The second-order valence-corrected chi connectivity index (χ2v) is 13.5. The van der Waals surface area contributed by atoms with E-state index < -0.39 is 6.04 Å². The lowest BCUT2D eigenvalue weighted by Crippen LogP contribution is -2.59. The quantitative estimate of drug-likeness (QED) is 0.253. The summed E-state index contributed by atoms with van der Waals surface area (Å²) in [4.78, 5) is 17.0. The van der Waals surface area contributed by atoms with Crippen LogP contribution in [0.4, 0.5) is 11.4 Å². The molecule has 1 atom stereocenters. The predicted molar refractivity (Wildman–Crippen MR) is 169 cm³/mol. The fraction of sp³-hybridized carbons (Fsp3) is 0.353. The van der Waals surface area contributed by atoms with Crippen LogP contribution >= 0.6 is 0 Å². The summed E-state index contributed by atoms with van der Waals surface area (Å²) in [6, 6.07) is 17.2. The molecule has 5 aromatic rings. The van der Waals surface area contributed by atoms with E-state index in [9.17, 15) is 15.3 Å². The molecule has 3 saturated carbocycles. The highest BCUT2D eigenvalue weighted by molar-refractivity contribution is 5.99. The van der Waals surface area contributed by atoms with Gasteiger partial charge in [-0.05, 0) is 60.4 Å². The standard InChI is InChI=1S/C34H33N9O/c1-33(2,3)19-38-31-22(16-36)17-37-30-21(15-35)10-23(11-26(30)31)39-32(27-18-43(41-40-27)34-12-20(13-34)14-34)25-6-5-7-28-24(25)8-9-29(44)42(28)4/h5-11,17-18,20,32,39H,12-14,19H2,1-4H3,(H,37,38)/t20?,32-,34?/m0/s1. The lowest BCUT2D eigenvalue weighted by molar-refractivity contribution is -0.0989. The molecule has 3 heterocycles. The summed E-state index contributed by atoms with van der Waals surface area (Å²) in [7, 11) is 1.77. The Morgan fingerprint density at radius 3 is 2.52 bits per heavy atom. The van der Waals surface area contributed by atoms with Crippen LogP contribution in [-0.2, 0) is 12.6 Å². The van der Waals surface area contributed by atoms with Crippen LogP contribution in [-0.4, -0.2) is 31.1 Å². The van der Waals surface area contributed by atoms with Crippen molar-refractivity contribution in [2.75, 3.05) is 17.2 Å². The van der Waals surface area contributed by atoms with Gasteiger partial charge in [0.05, 0.1) is 45.6 Å². The molecule has 0 saturated heterocycles. The van der Waals surface area contributed by atoms with E-state index in [1.54, 1.807) is 23.7 Å². The molecular formula is C34H33N9O. The first-order chi connectivity index (χ1) is 21.1. The van der Waals surface area contributed by atoms with Crippen molar-refractivity contribution in [2.45, 2.75) is 51.6 Å². The molecular weight excluding hydrogens is 550 g/mol. The van der Waals surface area contributed by atoms with E-state index in [1.807, 2.05) is 41.2 Å². The lowest BCUT2D eigenvalue weighted by atomic mass is 9.50. The van der Waals surface area contributed by atoms with Crippen LogP contribution in [0.2, 0.25) is 0 Å². The summed E-state index contributed by atoms with van der Waals surface area (Å²) in [6.45, 7) is 6.98. The van der Waals surface area contributed by atoms with Gasteiger partial charge in [-0.3, -0.25) is 9.78 Å². The van der Waals surface area contributed by atoms with E-state index >= 15 is 0 Å². The zero-order chi connectivity index (χ0) is 30.8. The first-order valence-electron chi connectivity index (χ1n) is 14.9. The highest BCUT2D eigenvalue weighted by Crippen LogP contribution is 2.62. The number of fused-ring (bicyclic) bond motifs is 2. The third-order valence-electron chi connectivity index (χ3n) is 9.13. The number of aromatic nitrogens is 5. The van der Waals surface area contributed by atoms with E-state index in [4.69, 9.17) is 0 Å². The summed E-state index contributed by atoms with van der Waals surface area (Å²) in [5.41, 5.74) is 5.09. The molecule has 2 N–H and O–H groups in total. The largest absolute Gasteiger partial charge is 0.383 e. The number of benzene rings is 2. The van der Waals surface area contributed by atoms with Crippen LogP contribution in [0.15, 0.2) is 59.7 Å². The Bertz CT molecular complexity index is 2090. The van der Waals surface area contributed by atoms with Crippen molar-refractivity contribution in [1.82, 2.24) is 24.5 Å². The second kappa shape index (κ2) is 9.92. The average molecular weight is 584 g/mol. The molecule has 220 valence electrons. The van der Waals surface area contributed by atoms with Crippen LogP contribution in [0.1, 0.15) is 68.5 Å². The van der Waals surface area contributed by atoms with Crippen molar-refractivity contribution in [1.29, 1.82) is 10.5 Å². The van der Waals surface area contributed by atoms with Crippen molar-refractivity contribution in [3.8, 4) is 12.1 Å². The number of hydrogen-bond donors (Lipinski definition) is 2. The molecule has 0 spiro atoms. The molecule has 0 unspecified atom stereocenters. The van der Waals surface area contributed by atoms with Crippen LogP contribution in [0.25, 0.3) is 21.8 Å². The molecule has 3 aliphatic rings. The molecule has 0 radical (unpaired) electrons. The van der Waals surface area contributed by atoms with Gasteiger partial charge >= 0.3 is 0 Å². The van der Waals surface area contributed by atoms with Crippen molar-refractivity contribution in [3.63, 3.8) is 0 Å². The molecule has 44 heavy (non-hydrogen) atoms. The normalized spacial score (nSPS) is 19.5. The molecule has 2 aromatic carbocycles. The van der Waals surface area contributed by atoms with Gasteiger partial charge in [0.15, 0.2) is 0 Å². The van der Waals surface area contributed by atoms with E-state index in [2.05, 4.69) is 58.8 Å². The molecule has 0 amide bonds. The van der Waals surface area contributed by atoms with E-state index in [0.29, 0.717) is 39.9 Å². The lowest BCUT2D eigenvalue weighted by Gasteiger charge is -2.61. The Morgan fingerprint density at radius 2 is 1.84 bits per heavy atom. The average Bonchev–Trinajstić information content (AvgIpc) is 3.43. The molecule has 8 rings (SSSR count). The Labute approximate surface area is 254 Å². The van der Waals surface area contributed by atoms with Gasteiger partial charge in [-0.15, -0.1) is 5.10 Å². The molecule has 3 aromatic heterocycles. The van der Waals surface area contributed by atoms with Crippen molar-refractivity contribution in [2.24, 2.45) is 18.4 Å². The smallest absolute Gasteiger partial charge is 0.250 e. The number of hydrogen-bond acceptors (Lipinski definition) is 8. The second-order valence-electron chi connectivity index (χ2n) is 13.5. The van der Waals surface area contributed by atoms with Crippen LogP contribution in [0.5, 0.6) is 0 Å². The predicted octanol–water partition coefficient (Wildman–Crippen LogP) is 5.59. The van der Waals surface area contributed by atoms with Gasteiger partial charge in [0, 0.05) is 42.3 Å². The van der Waals surface area contributed by atoms with Gasteiger partial charge in [-0.1, -0.05) is 38.1 Å². The third kappa shape index (κ3) is 4.46. The Balaban J connectivity index is 1.39. The van der Waals surface area contributed by atoms with Gasteiger partial charge in [0.25, 0.3) is 5.56 Å². The number of rotatable bonds is 7. The third-order valence-corrected chi connectivity index (χ3v) is 9.13. The maximum absolute atomic E-state index is 12.5. The zero-order valence-corrected chi connectivity index (χ0v) is 25.2. The maximum atomic E-state index is 12.5. The number of aryl methyl sites for hydroxylation is 1. The van der Waals surface area contributed by atoms with E-state index in [0.717, 1.165) is 47.3 Å². The molecule has 3 fully saturated rings. The van der Waals surface area contributed by atoms with E-state index in [-0.39, 0.29) is 16.5 Å². The minimum Gasteiger partial charge on any atom is -0.383 e. The molecule has 0 aliphatic heterocycles. The fourth-order valence-corrected chi connectivity index (χ4v) is 6.61. The van der Waals surface area contributed by atoms with Crippen molar-refractivity contribution in [3.05, 3.63) is 87.6 Å². The van der Waals surface area contributed by atoms with Gasteiger partial charge in [0.2, 0.25) is 0 Å². The van der Waals surface area contributed by atoms with Crippen LogP contribution in [0, 0.1) is 34.0 Å². The fourth-order valence-electron chi connectivity index (χ4n) is 6.61. The SMILES string of the molecule is Cn1c(=O)ccc2c([C@H](Nc3cc(C#N)c4ncc(C#N)c(NCC(C)(C)C)c4c3)c3cn(C45CC(C4)C5)nn3)cccc21.